The molecule has 2 aliphatic heterocycles. The van der Waals surface area contributed by atoms with Crippen molar-refractivity contribution in [2.75, 3.05) is 0 Å². The van der Waals surface area contributed by atoms with Gasteiger partial charge in [0, 0.05) is 6.42 Å². The number of carbonyl (C=O) groups is 1. The van der Waals surface area contributed by atoms with Crippen molar-refractivity contribution in [3.63, 3.8) is 0 Å². The highest BCUT2D eigenvalue weighted by atomic mass is 16.5. The van der Waals surface area contributed by atoms with Crippen LogP contribution < -0.4 is 10.6 Å². The van der Waals surface area contributed by atoms with Gasteiger partial charge in [-0.2, -0.15) is 0 Å². The number of rotatable bonds is 2. The quantitative estimate of drug-likeness (QED) is 0.767. The predicted octanol–water partition coefficient (Wildman–Crippen LogP) is 1.26. The second-order valence-corrected chi connectivity index (χ2v) is 6.28. The number of ether oxygens (including phenoxy) is 1. The monoisotopic (exact) mass is 288 g/mol. The molecule has 2 saturated heterocycles. The summed E-state index contributed by atoms with van der Waals surface area (Å²) in [7, 11) is 0. The van der Waals surface area contributed by atoms with E-state index in [4.69, 9.17) is 4.74 Å². The summed E-state index contributed by atoms with van der Waals surface area (Å²) in [5, 5.41) is 16.1. The van der Waals surface area contributed by atoms with Gasteiger partial charge in [-0.25, -0.2) is 4.79 Å². The Balaban J connectivity index is 1.41. The Morgan fingerprint density at radius 3 is 2.86 bits per heavy atom. The standard InChI is InChI=1S/C16H20N2O3/c19-13-7-9-3-1-2-4-11(9)15(13)18-16(20)17-12-8-10-5-6-14(12)21-10/h1-4,10,12-15,19H,5-8H2,(H2,17,18,20). The molecule has 4 rings (SSSR count). The van der Waals surface area contributed by atoms with Gasteiger partial charge in [-0.15, -0.1) is 0 Å². The van der Waals surface area contributed by atoms with E-state index in [1.54, 1.807) is 0 Å². The van der Waals surface area contributed by atoms with E-state index < -0.39 is 6.10 Å². The summed E-state index contributed by atoms with van der Waals surface area (Å²) >= 11 is 0. The normalized spacial score (nSPS) is 36.5. The Kier molecular flexibility index (Phi) is 3.12. The third-order valence-electron chi connectivity index (χ3n) is 4.91. The molecule has 0 spiro atoms. The van der Waals surface area contributed by atoms with Crippen LogP contribution >= 0.6 is 0 Å². The number of benzene rings is 1. The van der Waals surface area contributed by atoms with E-state index in [0.29, 0.717) is 12.5 Å². The van der Waals surface area contributed by atoms with E-state index >= 15 is 0 Å². The van der Waals surface area contributed by atoms with Crippen LogP contribution in [0.1, 0.15) is 36.4 Å². The summed E-state index contributed by atoms with van der Waals surface area (Å²) in [5.74, 6) is 0. The smallest absolute Gasteiger partial charge is 0.315 e. The summed E-state index contributed by atoms with van der Waals surface area (Å²) in [6, 6.07) is 7.45. The van der Waals surface area contributed by atoms with Crippen molar-refractivity contribution >= 4 is 6.03 Å². The zero-order valence-electron chi connectivity index (χ0n) is 11.8. The molecule has 2 bridgehead atoms. The molecule has 112 valence electrons. The van der Waals surface area contributed by atoms with E-state index in [1.165, 1.54) is 0 Å². The third-order valence-corrected chi connectivity index (χ3v) is 4.91. The van der Waals surface area contributed by atoms with Crippen LogP contribution in [0, 0.1) is 0 Å². The number of fused-ring (bicyclic) bond motifs is 3. The van der Waals surface area contributed by atoms with Crippen molar-refractivity contribution < 1.29 is 14.6 Å². The molecule has 5 heteroatoms. The van der Waals surface area contributed by atoms with Crippen molar-refractivity contribution in [1.29, 1.82) is 0 Å². The van der Waals surface area contributed by atoms with E-state index in [1.807, 2.05) is 24.3 Å². The lowest BCUT2D eigenvalue weighted by atomic mass is 9.96. The highest BCUT2D eigenvalue weighted by Gasteiger charge is 2.42. The molecule has 1 aliphatic carbocycles. The first kappa shape index (κ1) is 13.1. The molecule has 3 aliphatic rings. The van der Waals surface area contributed by atoms with Gasteiger partial charge in [-0.1, -0.05) is 24.3 Å². The second-order valence-electron chi connectivity index (χ2n) is 6.28. The Labute approximate surface area is 123 Å². The number of amides is 2. The number of aliphatic hydroxyl groups excluding tert-OH is 1. The Morgan fingerprint density at radius 1 is 1.24 bits per heavy atom. The van der Waals surface area contributed by atoms with Crippen molar-refractivity contribution in [1.82, 2.24) is 10.6 Å². The van der Waals surface area contributed by atoms with Crippen molar-refractivity contribution in [3.8, 4) is 0 Å². The Morgan fingerprint density at radius 2 is 2.10 bits per heavy atom. The summed E-state index contributed by atoms with van der Waals surface area (Å²) in [6.07, 6.45) is 3.58. The summed E-state index contributed by atoms with van der Waals surface area (Å²) in [6.45, 7) is 0. The van der Waals surface area contributed by atoms with Crippen molar-refractivity contribution in [3.05, 3.63) is 35.4 Å². The van der Waals surface area contributed by atoms with Crippen LogP contribution in [0.2, 0.25) is 0 Å². The van der Waals surface area contributed by atoms with Gasteiger partial charge in [0.1, 0.15) is 0 Å². The van der Waals surface area contributed by atoms with Gasteiger partial charge in [0.25, 0.3) is 0 Å². The van der Waals surface area contributed by atoms with Gasteiger partial charge < -0.3 is 20.5 Å². The SMILES string of the molecule is O=C(NC1CC2CCC1O2)NC1c2ccccc2CC1O. The summed E-state index contributed by atoms with van der Waals surface area (Å²) in [4.78, 5) is 12.2. The number of aliphatic hydroxyl groups is 1. The number of urea groups is 1. The van der Waals surface area contributed by atoms with Gasteiger partial charge in [-0.05, 0) is 30.4 Å². The fraction of sp³-hybridized carbons (Fsp3) is 0.562. The van der Waals surface area contributed by atoms with Crippen LogP contribution in [-0.2, 0) is 11.2 Å². The van der Waals surface area contributed by atoms with Crippen molar-refractivity contribution in [2.45, 2.75) is 56.1 Å². The number of hydrogen-bond donors (Lipinski definition) is 3. The third kappa shape index (κ3) is 2.30. The molecule has 0 saturated carbocycles. The zero-order chi connectivity index (χ0) is 14.4. The molecular formula is C16H20N2O3. The van der Waals surface area contributed by atoms with Gasteiger partial charge in [0.15, 0.2) is 0 Å². The van der Waals surface area contributed by atoms with Crippen LogP contribution in [-0.4, -0.2) is 35.5 Å². The molecule has 21 heavy (non-hydrogen) atoms. The highest BCUT2D eigenvalue weighted by molar-refractivity contribution is 5.75. The van der Waals surface area contributed by atoms with Crippen LogP contribution in [0.3, 0.4) is 0 Å². The molecule has 3 N–H and O–H groups in total. The molecule has 5 unspecified atom stereocenters. The van der Waals surface area contributed by atoms with Crippen LogP contribution in [0.15, 0.2) is 24.3 Å². The highest BCUT2D eigenvalue weighted by Crippen LogP contribution is 2.34. The number of nitrogens with one attached hydrogen (secondary N) is 2. The molecule has 2 fully saturated rings. The van der Waals surface area contributed by atoms with Gasteiger partial charge in [0.05, 0.1) is 30.4 Å². The summed E-state index contributed by atoms with van der Waals surface area (Å²) in [5.41, 5.74) is 2.13. The first-order valence-corrected chi connectivity index (χ1v) is 7.69. The molecule has 0 radical (unpaired) electrons. The fourth-order valence-corrected chi connectivity index (χ4v) is 3.89. The molecule has 0 aromatic heterocycles. The van der Waals surface area contributed by atoms with Gasteiger partial charge >= 0.3 is 6.03 Å². The lowest BCUT2D eigenvalue weighted by Crippen LogP contribution is -2.48. The molecule has 2 heterocycles. The first-order valence-electron chi connectivity index (χ1n) is 7.69. The average Bonchev–Trinajstić information content (AvgIpc) is 3.14. The van der Waals surface area contributed by atoms with E-state index in [-0.39, 0.29) is 24.2 Å². The van der Waals surface area contributed by atoms with Gasteiger partial charge in [0.2, 0.25) is 0 Å². The van der Waals surface area contributed by atoms with E-state index in [0.717, 1.165) is 30.4 Å². The lowest BCUT2D eigenvalue weighted by Gasteiger charge is -2.23. The molecular weight excluding hydrogens is 268 g/mol. The Bertz CT molecular complexity index is 562. The van der Waals surface area contributed by atoms with Crippen molar-refractivity contribution in [2.24, 2.45) is 0 Å². The maximum Gasteiger partial charge on any atom is 0.315 e. The topological polar surface area (TPSA) is 70.6 Å². The average molecular weight is 288 g/mol. The minimum absolute atomic E-state index is 0.109. The Hall–Kier alpha value is -1.59. The fourth-order valence-electron chi connectivity index (χ4n) is 3.89. The van der Waals surface area contributed by atoms with Crippen LogP contribution in [0.4, 0.5) is 4.79 Å². The minimum atomic E-state index is -0.551. The van der Waals surface area contributed by atoms with Gasteiger partial charge in [-0.3, -0.25) is 0 Å². The molecule has 5 atom stereocenters. The maximum absolute atomic E-state index is 12.2. The van der Waals surface area contributed by atoms with E-state index in [9.17, 15) is 9.90 Å². The molecule has 1 aromatic rings. The predicted molar refractivity (Wildman–Crippen MR) is 76.9 cm³/mol. The molecule has 1 aromatic carbocycles. The maximum atomic E-state index is 12.2. The number of carbonyl (C=O) groups excluding carboxylic acids is 1. The zero-order valence-corrected chi connectivity index (χ0v) is 11.8. The van der Waals surface area contributed by atoms with Crippen LogP contribution in [0.25, 0.3) is 0 Å². The second kappa shape index (κ2) is 5.00. The first-order chi connectivity index (χ1) is 10.2. The van der Waals surface area contributed by atoms with E-state index in [2.05, 4.69) is 10.6 Å². The van der Waals surface area contributed by atoms with Crippen LogP contribution in [0.5, 0.6) is 0 Å². The lowest BCUT2D eigenvalue weighted by molar-refractivity contribution is 0.0976. The molecule has 5 nitrogen and oxygen atoms in total. The minimum Gasteiger partial charge on any atom is -0.390 e. The summed E-state index contributed by atoms with van der Waals surface area (Å²) < 4.78 is 5.74. The molecule has 2 amide bonds. The number of hydrogen-bond acceptors (Lipinski definition) is 3. The largest absolute Gasteiger partial charge is 0.390 e.